The van der Waals surface area contributed by atoms with E-state index in [9.17, 15) is 0 Å². The molecule has 0 aliphatic carbocycles. The van der Waals surface area contributed by atoms with Crippen LogP contribution in [0.1, 0.15) is 24.4 Å². The summed E-state index contributed by atoms with van der Waals surface area (Å²) >= 11 is 0. The van der Waals surface area contributed by atoms with Gasteiger partial charge in [0.25, 0.3) is 0 Å². The van der Waals surface area contributed by atoms with Gasteiger partial charge in [0, 0.05) is 51.0 Å². The summed E-state index contributed by atoms with van der Waals surface area (Å²) in [4.78, 5) is 9.98. The average Bonchev–Trinajstić information content (AvgIpc) is 2.93. The van der Waals surface area contributed by atoms with Crippen molar-refractivity contribution in [1.82, 2.24) is 19.4 Å². The van der Waals surface area contributed by atoms with E-state index in [1.807, 2.05) is 6.07 Å². The molecular weight excluding hydrogens is 298 g/mol. The molecule has 0 saturated carbocycles. The number of piperazine rings is 1. The van der Waals surface area contributed by atoms with Gasteiger partial charge in [-0.2, -0.15) is 0 Å². The van der Waals surface area contributed by atoms with Crippen molar-refractivity contribution in [3.63, 3.8) is 0 Å². The molecule has 0 radical (unpaired) electrons. The number of nitrogens with two attached hydrogens (primary N) is 1. The third kappa shape index (κ3) is 3.24. The molecular formula is C19H29N5. The van der Waals surface area contributed by atoms with E-state index in [4.69, 9.17) is 10.7 Å². The van der Waals surface area contributed by atoms with E-state index >= 15 is 0 Å². The van der Waals surface area contributed by atoms with Crippen molar-refractivity contribution in [3.05, 3.63) is 41.7 Å². The zero-order valence-corrected chi connectivity index (χ0v) is 15.1. The van der Waals surface area contributed by atoms with Crippen LogP contribution in [-0.2, 0) is 7.05 Å². The normalized spacial score (nSPS) is 18.0. The molecule has 5 heteroatoms. The van der Waals surface area contributed by atoms with Gasteiger partial charge in [-0.25, -0.2) is 4.98 Å². The number of likely N-dealkylation sites (N-methyl/N-ethyl adjacent to an activating group) is 1. The molecule has 130 valence electrons. The average molecular weight is 327 g/mol. The van der Waals surface area contributed by atoms with E-state index in [1.165, 1.54) is 5.69 Å². The van der Waals surface area contributed by atoms with Gasteiger partial charge in [0.05, 0.1) is 11.7 Å². The van der Waals surface area contributed by atoms with E-state index in [0.717, 1.165) is 49.8 Å². The van der Waals surface area contributed by atoms with Crippen LogP contribution in [0, 0.1) is 6.92 Å². The Balaban J connectivity index is 1.88. The highest BCUT2D eigenvalue weighted by atomic mass is 15.3. The fourth-order valence-corrected chi connectivity index (χ4v) is 3.59. The fourth-order valence-electron chi connectivity index (χ4n) is 3.59. The first-order valence-corrected chi connectivity index (χ1v) is 8.90. The summed E-state index contributed by atoms with van der Waals surface area (Å²) in [6.07, 6.45) is 0. The Kier molecular flexibility index (Phi) is 5.33. The summed E-state index contributed by atoms with van der Waals surface area (Å²) < 4.78 is 2.19. The number of imidazole rings is 1. The lowest BCUT2D eigenvalue weighted by atomic mass is 10.1. The predicted molar refractivity (Wildman–Crippen MR) is 98.9 cm³/mol. The van der Waals surface area contributed by atoms with Gasteiger partial charge in [0.1, 0.15) is 5.82 Å². The number of aromatic nitrogens is 2. The van der Waals surface area contributed by atoms with Gasteiger partial charge in [-0.05, 0) is 13.5 Å². The summed E-state index contributed by atoms with van der Waals surface area (Å²) in [6.45, 7) is 10.5. The largest absolute Gasteiger partial charge is 0.331 e. The first-order valence-electron chi connectivity index (χ1n) is 8.90. The molecule has 24 heavy (non-hydrogen) atoms. The molecule has 0 amide bonds. The van der Waals surface area contributed by atoms with Crippen LogP contribution in [0.5, 0.6) is 0 Å². The second kappa shape index (κ2) is 7.47. The van der Waals surface area contributed by atoms with Gasteiger partial charge in [-0.15, -0.1) is 0 Å². The Hall–Kier alpha value is -1.69. The van der Waals surface area contributed by atoms with E-state index in [2.05, 4.69) is 59.5 Å². The van der Waals surface area contributed by atoms with Crippen LogP contribution in [0.25, 0.3) is 11.4 Å². The monoisotopic (exact) mass is 327 g/mol. The molecule has 0 spiro atoms. The Bertz CT molecular complexity index is 656. The third-order valence-electron chi connectivity index (χ3n) is 5.28. The third-order valence-corrected chi connectivity index (χ3v) is 5.28. The second-order valence-corrected chi connectivity index (χ2v) is 6.55. The van der Waals surface area contributed by atoms with Crippen molar-refractivity contribution in [1.29, 1.82) is 0 Å². The van der Waals surface area contributed by atoms with Crippen LogP contribution in [0.3, 0.4) is 0 Å². The van der Waals surface area contributed by atoms with Crippen molar-refractivity contribution in [2.45, 2.75) is 19.9 Å². The summed E-state index contributed by atoms with van der Waals surface area (Å²) in [6, 6.07) is 10.6. The highest BCUT2D eigenvalue weighted by Crippen LogP contribution is 2.28. The first kappa shape index (κ1) is 17.1. The molecule has 2 heterocycles. The smallest absolute Gasteiger partial charge is 0.140 e. The maximum atomic E-state index is 6.17. The van der Waals surface area contributed by atoms with Crippen LogP contribution in [-0.4, -0.2) is 58.6 Å². The quantitative estimate of drug-likeness (QED) is 0.913. The molecule has 1 aromatic carbocycles. The van der Waals surface area contributed by atoms with Crippen molar-refractivity contribution >= 4 is 0 Å². The van der Waals surface area contributed by atoms with Crippen LogP contribution in [0.15, 0.2) is 30.3 Å². The molecule has 1 aromatic heterocycles. The van der Waals surface area contributed by atoms with Crippen molar-refractivity contribution in [2.24, 2.45) is 12.8 Å². The van der Waals surface area contributed by atoms with Crippen LogP contribution in [0.4, 0.5) is 0 Å². The van der Waals surface area contributed by atoms with E-state index in [0.29, 0.717) is 6.54 Å². The van der Waals surface area contributed by atoms with Gasteiger partial charge in [-0.1, -0.05) is 37.3 Å². The van der Waals surface area contributed by atoms with Crippen LogP contribution in [0.2, 0.25) is 0 Å². The van der Waals surface area contributed by atoms with Crippen molar-refractivity contribution < 1.29 is 0 Å². The van der Waals surface area contributed by atoms with E-state index in [1.54, 1.807) is 0 Å². The molecule has 1 aliphatic rings. The molecule has 3 rings (SSSR count). The van der Waals surface area contributed by atoms with E-state index in [-0.39, 0.29) is 6.04 Å². The lowest BCUT2D eigenvalue weighted by Crippen LogP contribution is -2.49. The molecule has 1 saturated heterocycles. The standard InChI is InChI=1S/C19H29N5/c1-4-23-10-12-24(13-11-23)17(14-20)18-15(2)22(3)19(21-18)16-8-6-5-7-9-16/h5-9,17H,4,10-14,20H2,1-3H3. The van der Waals surface area contributed by atoms with Gasteiger partial charge >= 0.3 is 0 Å². The number of rotatable bonds is 5. The lowest BCUT2D eigenvalue weighted by molar-refractivity contribution is 0.100. The maximum absolute atomic E-state index is 6.17. The molecule has 1 atom stereocenters. The summed E-state index contributed by atoms with van der Waals surface area (Å²) in [7, 11) is 2.09. The zero-order valence-electron chi connectivity index (χ0n) is 15.1. The molecule has 2 aromatic rings. The molecule has 2 N–H and O–H groups in total. The second-order valence-electron chi connectivity index (χ2n) is 6.55. The zero-order chi connectivity index (χ0) is 17.1. The Morgan fingerprint density at radius 3 is 2.38 bits per heavy atom. The lowest BCUT2D eigenvalue weighted by Gasteiger charge is -2.38. The molecule has 1 unspecified atom stereocenters. The summed E-state index contributed by atoms with van der Waals surface area (Å²) in [5.41, 5.74) is 9.66. The SMILES string of the molecule is CCN1CCN(C(CN)c2nc(-c3ccccc3)n(C)c2C)CC1. The number of nitrogens with zero attached hydrogens (tertiary/aromatic N) is 4. The van der Waals surface area contributed by atoms with Gasteiger partial charge < -0.3 is 15.2 Å². The first-order chi connectivity index (χ1) is 11.7. The molecule has 1 aliphatic heterocycles. The molecule has 1 fully saturated rings. The maximum Gasteiger partial charge on any atom is 0.140 e. The number of hydrogen-bond donors (Lipinski definition) is 1. The predicted octanol–water partition coefficient (Wildman–Crippen LogP) is 2.03. The number of hydrogen-bond acceptors (Lipinski definition) is 4. The van der Waals surface area contributed by atoms with Gasteiger partial charge in [0.2, 0.25) is 0 Å². The Morgan fingerprint density at radius 2 is 1.79 bits per heavy atom. The number of benzene rings is 1. The van der Waals surface area contributed by atoms with E-state index < -0.39 is 0 Å². The molecule has 5 nitrogen and oxygen atoms in total. The Labute approximate surface area is 145 Å². The fraction of sp³-hybridized carbons (Fsp3) is 0.526. The topological polar surface area (TPSA) is 50.3 Å². The molecule has 0 bridgehead atoms. The van der Waals surface area contributed by atoms with Gasteiger partial charge in [-0.3, -0.25) is 4.90 Å². The van der Waals surface area contributed by atoms with Crippen LogP contribution < -0.4 is 5.73 Å². The van der Waals surface area contributed by atoms with Crippen LogP contribution >= 0.6 is 0 Å². The summed E-state index contributed by atoms with van der Waals surface area (Å²) in [5.74, 6) is 1.02. The Morgan fingerprint density at radius 1 is 1.12 bits per heavy atom. The van der Waals surface area contributed by atoms with Crippen molar-refractivity contribution in [2.75, 3.05) is 39.3 Å². The van der Waals surface area contributed by atoms with Crippen molar-refractivity contribution in [3.8, 4) is 11.4 Å². The highest BCUT2D eigenvalue weighted by molar-refractivity contribution is 5.56. The minimum atomic E-state index is 0.202. The summed E-state index contributed by atoms with van der Waals surface area (Å²) in [5, 5.41) is 0. The minimum Gasteiger partial charge on any atom is -0.331 e. The highest BCUT2D eigenvalue weighted by Gasteiger charge is 2.28. The minimum absolute atomic E-state index is 0.202. The van der Waals surface area contributed by atoms with Gasteiger partial charge in [0.15, 0.2) is 0 Å².